The van der Waals surface area contributed by atoms with Crippen molar-refractivity contribution in [2.45, 2.75) is 13.3 Å². The first kappa shape index (κ1) is 20.5. The van der Waals surface area contributed by atoms with Crippen molar-refractivity contribution in [3.8, 4) is 11.3 Å². The monoisotopic (exact) mass is 389 g/mol. The number of hydrogen-bond donors (Lipinski definition) is 2. The van der Waals surface area contributed by atoms with Crippen LogP contribution in [0, 0.1) is 0 Å². The number of rotatable bonds is 9. The van der Waals surface area contributed by atoms with E-state index < -0.39 is 0 Å². The van der Waals surface area contributed by atoms with E-state index in [4.69, 9.17) is 0 Å². The zero-order valence-corrected chi connectivity index (χ0v) is 17.1. The fourth-order valence-corrected chi connectivity index (χ4v) is 2.91. The van der Waals surface area contributed by atoms with Gasteiger partial charge in [0.25, 0.3) is 0 Å². The highest BCUT2D eigenvalue weighted by molar-refractivity contribution is 5.95. The van der Waals surface area contributed by atoms with Crippen molar-refractivity contribution in [2.24, 2.45) is 0 Å². The highest BCUT2D eigenvalue weighted by Crippen LogP contribution is 2.24. The van der Waals surface area contributed by atoms with Crippen LogP contribution < -0.4 is 10.6 Å². The Hall–Kier alpha value is -3.25. The third-order valence-electron chi connectivity index (χ3n) is 4.40. The first-order valence-corrected chi connectivity index (χ1v) is 9.72. The number of Topliss-reactive ketones (excluding diaryl/α,β-unsaturated/α-hetero) is 1. The van der Waals surface area contributed by atoms with Gasteiger partial charge in [0, 0.05) is 29.4 Å². The second-order valence-electron chi connectivity index (χ2n) is 7.17. The van der Waals surface area contributed by atoms with Gasteiger partial charge in [-0.25, -0.2) is 4.98 Å². The summed E-state index contributed by atoms with van der Waals surface area (Å²) >= 11 is 0. The van der Waals surface area contributed by atoms with Gasteiger partial charge in [-0.2, -0.15) is 4.98 Å². The second-order valence-corrected chi connectivity index (χ2v) is 7.17. The Morgan fingerprint density at radius 2 is 1.79 bits per heavy atom. The smallest absolute Gasteiger partial charge is 0.225 e. The van der Waals surface area contributed by atoms with Gasteiger partial charge in [-0.3, -0.25) is 4.79 Å². The summed E-state index contributed by atoms with van der Waals surface area (Å²) in [7, 11) is 4.12. The number of ketones is 1. The van der Waals surface area contributed by atoms with Gasteiger partial charge in [0.05, 0.1) is 5.69 Å². The Balaban J connectivity index is 1.85. The minimum absolute atomic E-state index is 0.0320. The van der Waals surface area contributed by atoms with Crippen LogP contribution in [0.15, 0.2) is 60.7 Å². The fraction of sp³-hybridized carbons (Fsp3) is 0.261. The van der Waals surface area contributed by atoms with E-state index in [-0.39, 0.29) is 5.78 Å². The van der Waals surface area contributed by atoms with Crippen LogP contribution in [0.3, 0.4) is 0 Å². The number of carbonyl (C=O) groups excluding carboxylic acids is 1. The van der Waals surface area contributed by atoms with E-state index >= 15 is 0 Å². The molecule has 0 aliphatic carbocycles. The van der Waals surface area contributed by atoms with Crippen LogP contribution in [-0.4, -0.2) is 47.8 Å². The third-order valence-corrected chi connectivity index (χ3v) is 4.40. The molecule has 3 rings (SSSR count). The molecule has 150 valence electrons. The van der Waals surface area contributed by atoms with Gasteiger partial charge in [-0.05, 0) is 46.1 Å². The molecule has 1 aromatic heterocycles. The number of hydrogen-bond acceptors (Lipinski definition) is 6. The van der Waals surface area contributed by atoms with Gasteiger partial charge in [0.15, 0.2) is 5.78 Å². The number of aromatic nitrogens is 2. The normalized spacial score (nSPS) is 10.8. The van der Waals surface area contributed by atoms with Crippen molar-refractivity contribution in [1.29, 1.82) is 0 Å². The van der Waals surface area contributed by atoms with Gasteiger partial charge in [0.1, 0.15) is 5.82 Å². The van der Waals surface area contributed by atoms with Crippen LogP contribution >= 0.6 is 0 Å². The average Bonchev–Trinajstić information content (AvgIpc) is 2.72. The minimum Gasteiger partial charge on any atom is -0.354 e. The number of anilines is 3. The van der Waals surface area contributed by atoms with E-state index in [0.29, 0.717) is 17.3 Å². The predicted molar refractivity (Wildman–Crippen MR) is 119 cm³/mol. The third kappa shape index (κ3) is 6.12. The fourth-order valence-electron chi connectivity index (χ4n) is 2.91. The Kier molecular flexibility index (Phi) is 6.92. The lowest BCUT2D eigenvalue weighted by molar-refractivity contribution is 0.101. The first-order valence-electron chi connectivity index (χ1n) is 9.72. The highest BCUT2D eigenvalue weighted by atomic mass is 16.1. The maximum Gasteiger partial charge on any atom is 0.225 e. The van der Waals surface area contributed by atoms with Crippen LogP contribution in [0.4, 0.5) is 17.5 Å². The molecule has 2 aromatic carbocycles. The van der Waals surface area contributed by atoms with Gasteiger partial charge < -0.3 is 15.5 Å². The summed E-state index contributed by atoms with van der Waals surface area (Å²) in [5.41, 5.74) is 3.33. The van der Waals surface area contributed by atoms with E-state index in [1.807, 2.05) is 54.6 Å². The molecule has 0 spiro atoms. The summed E-state index contributed by atoms with van der Waals surface area (Å²) < 4.78 is 0. The first-order chi connectivity index (χ1) is 14.0. The van der Waals surface area contributed by atoms with Crippen molar-refractivity contribution in [3.05, 3.63) is 66.2 Å². The lowest BCUT2D eigenvalue weighted by Crippen LogP contribution is -2.17. The van der Waals surface area contributed by atoms with Crippen LogP contribution in [0.1, 0.15) is 23.7 Å². The van der Waals surface area contributed by atoms with Crippen LogP contribution in [0.5, 0.6) is 0 Å². The Bertz CT molecular complexity index is 956. The highest BCUT2D eigenvalue weighted by Gasteiger charge is 2.08. The second kappa shape index (κ2) is 9.80. The summed E-state index contributed by atoms with van der Waals surface area (Å²) in [4.78, 5) is 23.1. The number of benzene rings is 2. The lowest BCUT2D eigenvalue weighted by Gasteiger charge is -2.13. The largest absolute Gasteiger partial charge is 0.354 e. The number of nitrogens with one attached hydrogen (secondary N) is 2. The van der Waals surface area contributed by atoms with E-state index in [1.54, 1.807) is 13.0 Å². The predicted octanol–water partition coefficient (Wildman–Crippen LogP) is 4.45. The lowest BCUT2D eigenvalue weighted by atomic mass is 10.1. The van der Waals surface area contributed by atoms with Crippen molar-refractivity contribution in [1.82, 2.24) is 14.9 Å². The molecule has 0 amide bonds. The maximum absolute atomic E-state index is 11.7. The Morgan fingerprint density at radius 1 is 1.00 bits per heavy atom. The zero-order valence-electron chi connectivity index (χ0n) is 17.1. The van der Waals surface area contributed by atoms with Gasteiger partial charge in [-0.15, -0.1) is 0 Å². The Morgan fingerprint density at radius 3 is 2.52 bits per heavy atom. The average molecular weight is 390 g/mol. The maximum atomic E-state index is 11.7. The number of nitrogens with zero attached hydrogens (tertiary/aromatic N) is 3. The van der Waals surface area contributed by atoms with Gasteiger partial charge in [-0.1, -0.05) is 42.5 Å². The minimum atomic E-state index is 0.0320. The van der Waals surface area contributed by atoms with Crippen LogP contribution in [-0.2, 0) is 0 Å². The molecule has 29 heavy (non-hydrogen) atoms. The molecule has 3 aromatic rings. The molecular formula is C23H27N5O. The van der Waals surface area contributed by atoms with Crippen molar-refractivity contribution in [3.63, 3.8) is 0 Å². The molecule has 0 bridgehead atoms. The van der Waals surface area contributed by atoms with Crippen molar-refractivity contribution in [2.75, 3.05) is 37.8 Å². The van der Waals surface area contributed by atoms with Crippen molar-refractivity contribution >= 4 is 23.2 Å². The topological polar surface area (TPSA) is 70.2 Å². The van der Waals surface area contributed by atoms with Gasteiger partial charge >= 0.3 is 0 Å². The molecule has 0 aliphatic heterocycles. The molecule has 0 fully saturated rings. The van der Waals surface area contributed by atoms with E-state index in [0.717, 1.165) is 36.5 Å². The molecule has 2 N–H and O–H groups in total. The van der Waals surface area contributed by atoms with Gasteiger partial charge in [0.2, 0.25) is 5.95 Å². The summed E-state index contributed by atoms with van der Waals surface area (Å²) in [5, 5.41) is 6.63. The SMILES string of the molecule is CC(=O)c1cccc(Nc2cc(-c3ccccc3)nc(NCCCN(C)C)n2)c1. The molecular weight excluding hydrogens is 362 g/mol. The number of carbonyl (C=O) groups is 1. The zero-order chi connectivity index (χ0) is 20.6. The van der Waals surface area contributed by atoms with E-state index in [9.17, 15) is 4.79 Å². The van der Waals surface area contributed by atoms with E-state index in [1.165, 1.54) is 0 Å². The van der Waals surface area contributed by atoms with Crippen molar-refractivity contribution < 1.29 is 4.79 Å². The molecule has 0 atom stereocenters. The van der Waals surface area contributed by atoms with Crippen LogP contribution in [0.25, 0.3) is 11.3 Å². The Labute approximate surface area is 172 Å². The quantitative estimate of drug-likeness (QED) is 0.416. The molecule has 0 radical (unpaired) electrons. The molecule has 0 saturated heterocycles. The standard InChI is InChI=1S/C23H27N5O/c1-17(29)19-11-7-12-20(15-19)25-22-16-21(18-9-5-4-6-10-18)26-23(27-22)24-13-8-14-28(2)3/h4-7,9-12,15-16H,8,13-14H2,1-3H3,(H2,24,25,26,27). The summed E-state index contributed by atoms with van der Waals surface area (Å²) in [6, 6.07) is 19.3. The summed E-state index contributed by atoms with van der Waals surface area (Å²) in [5.74, 6) is 1.29. The summed E-state index contributed by atoms with van der Waals surface area (Å²) in [6.45, 7) is 3.34. The molecule has 0 saturated carbocycles. The van der Waals surface area contributed by atoms with E-state index in [2.05, 4.69) is 39.6 Å². The molecule has 6 nitrogen and oxygen atoms in total. The molecule has 0 unspecified atom stereocenters. The molecule has 0 aliphatic rings. The van der Waals surface area contributed by atoms with Crippen LogP contribution in [0.2, 0.25) is 0 Å². The summed E-state index contributed by atoms with van der Waals surface area (Å²) in [6.07, 6.45) is 0.995. The molecule has 1 heterocycles. The molecule has 6 heteroatoms.